The van der Waals surface area contributed by atoms with Crippen LogP contribution in [-0.4, -0.2) is 17.6 Å². The monoisotopic (exact) mass is 246 g/mol. The van der Waals surface area contributed by atoms with Crippen molar-refractivity contribution < 1.29 is 9.53 Å². The molecule has 4 heteroatoms. The molecule has 0 unspecified atom stereocenters. The summed E-state index contributed by atoms with van der Waals surface area (Å²) >= 11 is 0. The molecule has 18 heavy (non-hydrogen) atoms. The molecule has 0 amide bonds. The van der Waals surface area contributed by atoms with Crippen molar-refractivity contribution >= 4 is 5.97 Å². The summed E-state index contributed by atoms with van der Waals surface area (Å²) in [6, 6.07) is 5.45. The summed E-state index contributed by atoms with van der Waals surface area (Å²) in [6.45, 7) is 4.66. The van der Waals surface area contributed by atoms with E-state index in [2.05, 4.69) is 18.8 Å². The SMILES string of the molecule is CC(C)CCCOC(=O)c1ncccc1CC#N. The first-order chi connectivity index (χ1) is 8.65. The lowest BCUT2D eigenvalue weighted by atomic mass is 10.1. The molecule has 96 valence electrons. The number of rotatable bonds is 6. The number of pyridine rings is 1. The summed E-state index contributed by atoms with van der Waals surface area (Å²) in [5.74, 6) is 0.164. The molecule has 0 bridgehead atoms. The van der Waals surface area contributed by atoms with Gasteiger partial charge in [-0.15, -0.1) is 0 Å². The zero-order valence-corrected chi connectivity index (χ0v) is 10.8. The Bertz CT molecular complexity index is 436. The number of ether oxygens (including phenoxy) is 1. The van der Waals surface area contributed by atoms with Crippen molar-refractivity contribution in [2.45, 2.75) is 33.1 Å². The molecule has 1 aromatic heterocycles. The van der Waals surface area contributed by atoms with E-state index in [0.29, 0.717) is 18.1 Å². The number of esters is 1. The quantitative estimate of drug-likeness (QED) is 0.572. The first-order valence-corrected chi connectivity index (χ1v) is 6.13. The van der Waals surface area contributed by atoms with Crippen LogP contribution >= 0.6 is 0 Å². The van der Waals surface area contributed by atoms with Crippen molar-refractivity contribution in [3.05, 3.63) is 29.6 Å². The molecule has 1 rings (SSSR count). The Kier molecular flexibility index (Phi) is 5.86. The fraction of sp³-hybridized carbons (Fsp3) is 0.500. The first-order valence-electron chi connectivity index (χ1n) is 6.13. The number of carbonyl (C=O) groups is 1. The lowest BCUT2D eigenvalue weighted by Gasteiger charge is -2.07. The van der Waals surface area contributed by atoms with Crippen molar-refractivity contribution in [3.63, 3.8) is 0 Å². The fourth-order valence-electron chi connectivity index (χ4n) is 1.58. The van der Waals surface area contributed by atoms with E-state index >= 15 is 0 Å². The van der Waals surface area contributed by atoms with Crippen LogP contribution in [0.15, 0.2) is 18.3 Å². The molecule has 1 heterocycles. The molecule has 0 saturated heterocycles. The van der Waals surface area contributed by atoms with E-state index in [1.54, 1.807) is 12.1 Å². The second-order valence-corrected chi connectivity index (χ2v) is 4.52. The van der Waals surface area contributed by atoms with Gasteiger partial charge in [0, 0.05) is 6.20 Å². The normalized spacial score (nSPS) is 10.1. The lowest BCUT2D eigenvalue weighted by Crippen LogP contribution is -2.11. The molecule has 1 aromatic rings. The number of hydrogen-bond donors (Lipinski definition) is 0. The summed E-state index contributed by atoms with van der Waals surface area (Å²) in [6.07, 6.45) is 3.58. The third kappa shape index (κ3) is 4.54. The summed E-state index contributed by atoms with van der Waals surface area (Å²) in [5, 5.41) is 8.67. The molecular weight excluding hydrogens is 228 g/mol. The minimum atomic E-state index is -0.440. The highest BCUT2D eigenvalue weighted by molar-refractivity contribution is 5.88. The molecule has 0 radical (unpaired) electrons. The Morgan fingerprint density at radius 1 is 1.56 bits per heavy atom. The van der Waals surface area contributed by atoms with Crippen LogP contribution in [0, 0.1) is 17.2 Å². The highest BCUT2D eigenvalue weighted by Crippen LogP contribution is 2.09. The van der Waals surface area contributed by atoms with Gasteiger partial charge < -0.3 is 4.74 Å². The fourth-order valence-corrected chi connectivity index (χ4v) is 1.58. The minimum absolute atomic E-state index is 0.171. The number of aromatic nitrogens is 1. The predicted molar refractivity (Wildman–Crippen MR) is 67.9 cm³/mol. The summed E-state index contributed by atoms with van der Waals surface area (Å²) in [4.78, 5) is 15.8. The second-order valence-electron chi connectivity index (χ2n) is 4.52. The van der Waals surface area contributed by atoms with E-state index in [1.165, 1.54) is 6.20 Å². The molecule has 0 aliphatic carbocycles. The zero-order chi connectivity index (χ0) is 13.4. The molecule has 0 aromatic carbocycles. The van der Waals surface area contributed by atoms with Crippen LogP contribution in [0.5, 0.6) is 0 Å². The molecule has 0 aliphatic rings. The topological polar surface area (TPSA) is 63.0 Å². The van der Waals surface area contributed by atoms with Gasteiger partial charge in [-0.2, -0.15) is 5.26 Å². The van der Waals surface area contributed by atoms with E-state index in [4.69, 9.17) is 10.00 Å². The average Bonchev–Trinajstić information content (AvgIpc) is 2.35. The molecule has 0 aliphatic heterocycles. The third-order valence-electron chi connectivity index (χ3n) is 2.51. The predicted octanol–water partition coefficient (Wildman–Crippen LogP) is 2.74. The van der Waals surface area contributed by atoms with Crippen molar-refractivity contribution in [1.82, 2.24) is 4.98 Å². The summed E-state index contributed by atoms with van der Waals surface area (Å²) < 4.78 is 5.15. The van der Waals surface area contributed by atoms with E-state index in [-0.39, 0.29) is 12.1 Å². The van der Waals surface area contributed by atoms with Gasteiger partial charge in [0.2, 0.25) is 0 Å². The molecule has 0 atom stereocenters. The van der Waals surface area contributed by atoms with Gasteiger partial charge in [-0.3, -0.25) is 0 Å². The molecule has 4 nitrogen and oxygen atoms in total. The molecule has 0 N–H and O–H groups in total. The van der Waals surface area contributed by atoms with Crippen LogP contribution in [0.1, 0.15) is 42.7 Å². The number of carbonyl (C=O) groups excluding carboxylic acids is 1. The standard InChI is InChI=1S/C14H18N2O2/c1-11(2)5-4-10-18-14(17)13-12(7-8-15)6-3-9-16-13/h3,6,9,11H,4-5,7,10H2,1-2H3. The van der Waals surface area contributed by atoms with Crippen molar-refractivity contribution in [1.29, 1.82) is 5.26 Å². The molecule has 0 fully saturated rings. The van der Waals surface area contributed by atoms with Gasteiger partial charge >= 0.3 is 5.97 Å². The second kappa shape index (κ2) is 7.44. The van der Waals surface area contributed by atoms with Crippen LogP contribution in [0.25, 0.3) is 0 Å². The van der Waals surface area contributed by atoms with Crippen LogP contribution in [0.3, 0.4) is 0 Å². The van der Waals surface area contributed by atoms with Crippen LogP contribution in [0.4, 0.5) is 0 Å². The van der Waals surface area contributed by atoms with Crippen LogP contribution < -0.4 is 0 Å². The Morgan fingerprint density at radius 2 is 2.33 bits per heavy atom. The van der Waals surface area contributed by atoms with Gasteiger partial charge in [0.1, 0.15) is 0 Å². The maximum Gasteiger partial charge on any atom is 0.357 e. The molecular formula is C14H18N2O2. The van der Waals surface area contributed by atoms with Gasteiger partial charge in [0.05, 0.1) is 19.1 Å². The van der Waals surface area contributed by atoms with Crippen molar-refractivity contribution in [2.24, 2.45) is 5.92 Å². The Morgan fingerprint density at radius 3 is 3.00 bits per heavy atom. The van der Waals surface area contributed by atoms with Gasteiger partial charge in [0.15, 0.2) is 5.69 Å². The van der Waals surface area contributed by atoms with E-state index in [1.807, 2.05) is 6.07 Å². The Balaban J connectivity index is 2.54. The van der Waals surface area contributed by atoms with E-state index in [9.17, 15) is 4.79 Å². The number of nitriles is 1. The molecule has 0 saturated carbocycles. The van der Waals surface area contributed by atoms with Crippen LogP contribution in [-0.2, 0) is 11.2 Å². The largest absolute Gasteiger partial charge is 0.461 e. The smallest absolute Gasteiger partial charge is 0.357 e. The number of hydrogen-bond acceptors (Lipinski definition) is 4. The van der Waals surface area contributed by atoms with E-state index < -0.39 is 5.97 Å². The average molecular weight is 246 g/mol. The van der Waals surface area contributed by atoms with Gasteiger partial charge in [-0.25, -0.2) is 9.78 Å². The number of nitrogens with zero attached hydrogens (tertiary/aromatic N) is 2. The highest BCUT2D eigenvalue weighted by Gasteiger charge is 2.13. The maximum atomic E-state index is 11.8. The van der Waals surface area contributed by atoms with Crippen LogP contribution in [0.2, 0.25) is 0 Å². The third-order valence-corrected chi connectivity index (χ3v) is 2.51. The lowest BCUT2D eigenvalue weighted by molar-refractivity contribution is 0.0486. The molecule has 0 spiro atoms. The van der Waals surface area contributed by atoms with E-state index in [0.717, 1.165) is 12.8 Å². The first kappa shape index (κ1) is 14.2. The Hall–Kier alpha value is -1.89. The van der Waals surface area contributed by atoms with Crippen molar-refractivity contribution in [3.8, 4) is 6.07 Å². The Labute approximate surface area is 108 Å². The zero-order valence-electron chi connectivity index (χ0n) is 10.8. The summed E-state index contributed by atoms with van der Waals surface area (Å²) in [7, 11) is 0. The minimum Gasteiger partial charge on any atom is -0.461 e. The van der Waals surface area contributed by atoms with Gasteiger partial charge in [-0.05, 0) is 30.4 Å². The summed E-state index contributed by atoms with van der Waals surface area (Å²) in [5.41, 5.74) is 0.873. The van der Waals surface area contributed by atoms with Crippen molar-refractivity contribution in [2.75, 3.05) is 6.61 Å². The van der Waals surface area contributed by atoms with Gasteiger partial charge in [-0.1, -0.05) is 19.9 Å². The highest BCUT2D eigenvalue weighted by atomic mass is 16.5. The van der Waals surface area contributed by atoms with Gasteiger partial charge in [0.25, 0.3) is 0 Å². The maximum absolute atomic E-state index is 11.8.